The Kier molecular flexibility index (Phi) is 9.23. The number of rotatable bonds is 9. The number of anilines is 3. The van der Waals surface area contributed by atoms with E-state index in [0.29, 0.717) is 17.6 Å². The van der Waals surface area contributed by atoms with Gasteiger partial charge in [-0.05, 0) is 48.5 Å². The van der Waals surface area contributed by atoms with Gasteiger partial charge in [0, 0.05) is 62.3 Å². The van der Waals surface area contributed by atoms with E-state index in [1.165, 1.54) is 18.5 Å². The van der Waals surface area contributed by atoms with Crippen molar-refractivity contribution >= 4 is 29.4 Å². The minimum atomic E-state index is -3.41. The molecule has 1 aromatic heterocycles. The number of nitrogens with one attached hydrogen (secondary N) is 2. The van der Waals surface area contributed by atoms with Crippen LogP contribution in [-0.4, -0.2) is 107 Å². The first-order valence-electron chi connectivity index (χ1n) is 15.2. The Morgan fingerprint density at radius 3 is 2.55 bits per heavy atom. The van der Waals surface area contributed by atoms with E-state index in [0.717, 1.165) is 68.0 Å². The first-order valence-corrected chi connectivity index (χ1v) is 15.2. The molecule has 244 valence electrons. The molecule has 3 aliphatic rings. The smallest absolute Gasteiger partial charge is 0.301 e. The second-order valence-electron chi connectivity index (χ2n) is 11.5. The second kappa shape index (κ2) is 13.7. The number of aromatic nitrogens is 3. The molecule has 3 aromatic rings. The van der Waals surface area contributed by atoms with E-state index in [4.69, 9.17) is 20.6 Å². The lowest BCUT2D eigenvalue weighted by Crippen LogP contribution is -2.56. The monoisotopic (exact) mass is 644 g/mol. The van der Waals surface area contributed by atoms with Crippen molar-refractivity contribution in [1.82, 2.24) is 24.8 Å². The number of hydrogen-bond donors (Lipinski definition) is 3. The summed E-state index contributed by atoms with van der Waals surface area (Å²) in [6.45, 7) is 4.66. The third kappa shape index (κ3) is 7.13. The Labute approximate surface area is 270 Å². The number of alkyl halides is 2. The third-order valence-corrected chi connectivity index (χ3v) is 8.47. The van der Waals surface area contributed by atoms with E-state index < -0.39 is 24.5 Å². The van der Waals surface area contributed by atoms with Crippen LogP contribution in [0.2, 0.25) is 0 Å². The molecule has 3 saturated heterocycles. The third-order valence-electron chi connectivity index (χ3n) is 8.47. The molecule has 3 fully saturated rings. The number of carbonyl (C=O) groups is 1. The number of hydrogen-bond acceptors (Lipinski definition) is 12. The summed E-state index contributed by atoms with van der Waals surface area (Å²) in [5.41, 5.74) is 7.72. The van der Waals surface area contributed by atoms with Crippen molar-refractivity contribution in [3.63, 3.8) is 0 Å². The molecule has 0 aliphatic carbocycles. The van der Waals surface area contributed by atoms with Gasteiger partial charge in [0.2, 0.25) is 5.95 Å². The number of nitrogens with zero attached hydrogens (tertiary/aromatic N) is 7. The largest absolute Gasteiger partial charge is 0.483 e. The zero-order valence-corrected chi connectivity index (χ0v) is 25.5. The Balaban J connectivity index is 1.08. The van der Waals surface area contributed by atoms with Gasteiger partial charge in [-0.25, -0.2) is 18.7 Å². The lowest BCUT2D eigenvalue weighted by molar-refractivity contribution is -0.157. The van der Waals surface area contributed by atoms with E-state index in [-0.39, 0.29) is 35.8 Å². The van der Waals surface area contributed by atoms with Crippen LogP contribution >= 0.6 is 0 Å². The molecule has 47 heavy (non-hydrogen) atoms. The number of nitriles is 1. The average Bonchev–Trinajstić information content (AvgIpc) is 3.05. The van der Waals surface area contributed by atoms with Crippen LogP contribution in [-0.2, 0) is 9.53 Å². The van der Waals surface area contributed by atoms with Crippen molar-refractivity contribution < 1.29 is 23.0 Å². The maximum absolute atomic E-state index is 15.0. The number of allylic oxidation sites excluding steroid dienone is 1. The zero-order chi connectivity index (χ0) is 33.0. The lowest BCUT2D eigenvalue weighted by Gasteiger charge is -2.43. The first kappa shape index (κ1) is 31.8. The van der Waals surface area contributed by atoms with Crippen molar-refractivity contribution in [1.29, 1.82) is 10.7 Å². The molecule has 0 saturated carbocycles. The molecule has 15 heteroatoms. The Bertz CT molecular complexity index is 1690. The van der Waals surface area contributed by atoms with Crippen LogP contribution in [0.4, 0.5) is 26.1 Å². The molecule has 1 unspecified atom stereocenters. The number of ether oxygens (including phenoxy) is 2. The fourth-order valence-corrected chi connectivity index (χ4v) is 5.75. The fraction of sp³-hybridized carbons (Fsp3) is 0.375. The Hall–Kier alpha value is -5.20. The summed E-state index contributed by atoms with van der Waals surface area (Å²) in [7, 11) is 0. The molecule has 1 amide bonds. The van der Waals surface area contributed by atoms with Crippen molar-refractivity contribution in [2.75, 3.05) is 62.7 Å². The normalized spacial score (nSPS) is 20.2. The number of benzene rings is 2. The van der Waals surface area contributed by atoms with Crippen molar-refractivity contribution in [2.24, 2.45) is 5.73 Å². The molecule has 1 atom stereocenters. The second-order valence-corrected chi connectivity index (χ2v) is 11.5. The molecule has 2 aromatic carbocycles. The topological polar surface area (TPSA) is 170 Å². The van der Waals surface area contributed by atoms with Crippen molar-refractivity contribution in [3.05, 3.63) is 66.1 Å². The summed E-state index contributed by atoms with van der Waals surface area (Å²) >= 11 is 0. The summed E-state index contributed by atoms with van der Waals surface area (Å²) in [6, 6.07) is 15.1. The average molecular weight is 645 g/mol. The number of halogens is 2. The summed E-state index contributed by atoms with van der Waals surface area (Å²) in [5.74, 6) is -3.62. The summed E-state index contributed by atoms with van der Waals surface area (Å²) < 4.78 is 41.0. The van der Waals surface area contributed by atoms with Gasteiger partial charge in [-0.3, -0.25) is 9.69 Å². The Morgan fingerprint density at radius 2 is 1.89 bits per heavy atom. The summed E-state index contributed by atoms with van der Waals surface area (Å²) in [6.07, 6.45) is 1.46. The van der Waals surface area contributed by atoms with Crippen LogP contribution in [0.5, 0.6) is 5.75 Å². The molecule has 3 aliphatic heterocycles. The molecule has 0 bridgehead atoms. The van der Waals surface area contributed by atoms with Crippen molar-refractivity contribution in [3.8, 4) is 23.2 Å². The molecule has 4 N–H and O–H groups in total. The lowest BCUT2D eigenvalue weighted by atomic mass is 10.0. The van der Waals surface area contributed by atoms with Gasteiger partial charge in [0.05, 0.1) is 37.1 Å². The minimum Gasteiger partial charge on any atom is -0.483 e. The number of nitrogens with two attached hydrogens (primary N) is 1. The number of carbonyl (C=O) groups excluding carboxylic acids is 1. The minimum absolute atomic E-state index is 0.0186. The predicted octanol–water partition coefficient (Wildman–Crippen LogP) is 2.78. The molecule has 0 radical (unpaired) electrons. The van der Waals surface area contributed by atoms with Crippen molar-refractivity contribution in [2.45, 2.75) is 24.5 Å². The van der Waals surface area contributed by atoms with Crippen LogP contribution in [0.3, 0.4) is 0 Å². The highest BCUT2D eigenvalue weighted by Gasteiger charge is 2.48. The van der Waals surface area contributed by atoms with Gasteiger partial charge in [0.25, 0.3) is 5.91 Å². The molecule has 13 nitrogen and oxygen atoms in total. The van der Waals surface area contributed by atoms with Crippen LogP contribution in [0.15, 0.2) is 60.6 Å². The van der Waals surface area contributed by atoms with E-state index >= 15 is 8.78 Å². The standard InChI is InChI=1S/C32H34F2N10O3/c33-32(34)19-44(30(45)26(37)7-9-35)10-8-28(32)47-27-6-1-21(15-22(27)16-36)29-38-20-39-31(41-29)40-23-2-4-24(5-3-23)42-11-13-43(14-12-42)25-17-46-18-25/h1-7,9,15,20,25,28,35H,8,10-14,17-19,37H2,(H,38,39,40,41)/b26-7-,35-9?. The number of piperidine rings is 1. The van der Waals surface area contributed by atoms with Crippen LogP contribution in [0.25, 0.3) is 11.4 Å². The number of amides is 1. The van der Waals surface area contributed by atoms with E-state index in [2.05, 4.69) is 42.2 Å². The van der Waals surface area contributed by atoms with Gasteiger partial charge in [-0.2, -0.15) is 10.2 Å². The van der Waals surface area contributed by atoms with E-state index in [9.17, 15) is 10.1 Å². The Morgan fingerprint density at radius 1 is 1.13 bits per heavy atom. The molecule has 0 spiro atoms. The van der Waals surface area contributed by atoms with Crippen LogP contribution in [0, 0.1) is 16.7 Å². The predicted molar refractivity (Wildman–Crippen MR) is 170 cm³/mol. The van der Waals surface area contributed by atoms with Gasteiger partial charge in [-0.15, -0.1) is 0 Å². The molecule has 6 rings (SSSR count). The summed E-state index contributed by atoms with van der Waals surface area (Å²) in [5, 5.41) is 20.0. The maximum Gasteiger partial charge on any atom is 0.301 e. The zero-order valence-electron chi connectivity index (χ0n) is 25.5. The van der Waals surface area contributed by atoms with Crippen LogP contribution < -0.4 is 20.7 Å². The van der Waals surface area contributed by atoms with E-state index in [1.807, 2.05) is 18.2 Å². The van der Waals surface area contributed by atoms with Gasteiger partial charge < -0.3 is 35.7 Å². The summed E-state index contributed by atoms with van der Waals surface area (Å²) in [4.78, 5) is 31.1. The highest BCUT2D eigenvalue weighted by atomic mass is 19.3. The molecular formula is C32H34F2N10O3. The van der Waals surface area contributed by atoms with Gasteiger partial charge in [0.1, 0.15) is 18.1 Å². The highest BCUT2D eigenvalue weighted by Crippen LogP contribution is 2.34. The van der Waals surface area contributed by atoms with Gasteiger partial charge in [-0.1, -0.05) is 0 Å². The first-order chi connectivity index (χ1) is 22.7. The van der Waals surface area contributed by atoms with Crippen LogP contribution in [0.1, 0.15) is 12.0 Å². The van der Waals surface area contributed by atoms with Gasteiger partial charge >= 0.3 is 5.92 Å². The fourth-order valence-electron chi connectivity index (χ4n) is 5.75. The van der Waals surface area contributed by atoms with E-state index in [1.54, 1.807) is 6.07 Å². The number of piperazine rings is 1. The number of likely N-dealkylation sites (tertiary alicyclic amines) is 1. The molecular weight excluding hydrogens is 610 g/mol. The highest BCUT2D eigenvalue weighted by molar-refractivity contribution is 5.96. The van der Waals surface area contributed by atoms with Gasteiger partial charge in [0.15, 0.2) is 11.9 Å². The molecule has 4 heterocycles. The maximum atomic E-state index is 15.0. The quantitative estimate of drug-likeness (QED) is 0.231. The SMILES string of the molecule is N#Cc1cc(-c2ncnc(Nc3ccc(N4CCN(C5COC5)CC4)cc3)n2)ccc1OC1CCN(C(=O)/C(N)=C/C=N)CC1(F)F.